The highest BCUT2D eigenvalue weighted by molar-refractivity contribution is 7.98. The molecule has 0 heterocycles. The molecule has 0 bridgehead atoms. The fourth-order valence-electron chi connectivity index (χ4n) is 1.21. The summed E-state index contributed by atoms with van der Waals surface area (Å²) in [5.74, 6) is -0.153. The Morgan fingerprint density at radius 2 is 2.24 bits per heavy atom. The standard InChI is InChI=1S/C12H17NO3S/c1-15-6-7-16-9-12(14)13-10-4-3-5-11(8-10)17-2/h3-5,8H,6-7,9H2,1-2H3,(H,13,14). The van der Waals surface area contributed by atoms with Gasteiger partial charge in [-0.3, -0.25) is 4.79 Å². The van der Waals surface area contributed by atoms with E-state index in [9.17, 15) is 4.79 Å². The third-order valence-corrected chi connectivity index (χ3v) is 2.74. The molecule has 1 N–H and O–H groups in total. The second-order valence-electron chi connectivity index (χ2n) is 3.33. The van der Waals surface area contributed by atoms with E-state index in [0.29, 0.717) is 13.2 Å². The number of methoxy groups -OCH3 is 1. The summed E-state index contributed by atoms with van der Waals surface area (Å²) in [6.07, 6.45) is 1.99. The molecule has 17 heavy (non-hydrogen) atoms. The van der Waals surface area contributed by atoms with E-state index in [1.807, 2.05) is 30.5 Å². The third kappa shape index (κ3) is 5.72. The van der Waals surface area contributed by atoms with Gasteiger partial charge in [0.1, 0.15) is 6.61 Å². The number of benzene rings is 1. The quantitative estimate of drug-likeness (QED) is 0.598. The monoisotopic (exact) mass is 255 g/mol. The summed E-state index contributed by atoms with van der Waals surface area (Å²) in [6, 6.07) is 7.69. The van der Waals surface area contributed by atoms with Crippen molar-refractivity contribution in [3.05, 3.63) is 24.3 Å². The van der Waals surface area contributed by atoms with Gasteiger partial charge in [0.05, 0.1) is 13.2 Å². The van der Waals surface area contributed by atoms with Gasteiger partial charge in [-0.2, -0.15) is 0 Å². The van der Waals surface area contributed by atoms with Crippen LogP contribution in [-0.2, 0) is 14.3 Å². The Balaban J connectivity index is 2.34. The second-order valence-corrected chi connectivity index (χ2v) is 4.21. The minimum Gasteiger partial charge on any atom is -0.382 e. The van der Waals surface area contributed by atoms with Crippen molar-refractivity contribution in [1.29, 1.82) is 0 Å². The predicted molar refractivity (Wildman–Crippen MR) is 69.5 cm³/mol. The summed E-state index contributed by atoms with van der Waals surface area (Å²) >= 11 is 1.64. The van der Waals surface area contributed by atoms with Crippen molar-refractivity contribution < 1.29 is 14.3 Å². The van der Waals surface area contributed by atoms with Crippen LogP contribution in [0.2, 0.25) is 0 Å². The number of hydrogen-bond acceptors (Lipinski definition) is 4. The van der Waals surface area contributed by atoms with E-state index in [-0.39, 0.29) is 12.5 Å². The summed E-state index contributed by atoms with van der Waals surface area (Å²) in [7, 11) is 1.59. The largest absolute Gasteiger partial charge is 0.382 e. The fourth-order valence-corrected chi connectivity index (χ4v) is 1.66. The number of amides is 1. The summed E-state index contributed by atoms with van der Waals surface area (Å²) in [4.78, 5) is 12.6. The highest BCUT2D eigenvalue weighted by Crippen LogP contribution is 2.18. The molecule has 0 unspecified atom stereocenters. The van der Waals surface area contributed by atoms with Crippen molar-refractivity contribution in [3.8, 4) is 0 Å². The molecule has 1 rings (SSSR count). The van der Waals surface area contributed by atoms with Crippen LogP contribution in [-0.4, -0.2) is 39.1 Å². The lowest BCUT2D eigenvalue weighted by Crippen LogP contribution is -2.19. The van der Waals surface area contributed by atoms with Crippen LogP contribution in [0.15, 0.2) is 29.2 Å². The fraction of sp³-hybridized carbons (Fsp3) is 0.417. The summed E-state index contributed by atoms with van der Waals surface area (Å²) in [6.45, 7) is 0.969. The van der Waals surface area contributed by atoms with Crippen LogP contribution in [0.4, 0.5) is 5.69 Å². The van der Waals surface area contributed by atoms with Crippen LogP contribution >= 0.6 is 11.8 Å². The lowest BCUT2D eigenvalue weighted by Gasteiger charge is -2.07. The average Bonchev–Trinajstić information content (AvgIpc) is 2.35. The molecular formula is C12H17NO3S. The van der Waals surface area contributed by atoms with E-state index >= 15 is 0 Å². The molecule has 0 radical (unpaired) electrons. The van der Waals surface area contributed by atoms with Gasteiger partial charge in [-0.05, 0) is 24.5 Å². The van der Waals surface area contributed by atoms with Gasteiger partial charge in [0.25, 0.3) is 0 Å². The Hall–Kier alpha value is -1.04. The van der Waals surface area contributed by atoms with Crippen LogP contribution in [0.1, 0.15) is 0 Å². The Morgan fingerprint density at radius 3 is 2.94 bits per heavy atom. The van der Waals surface area contributed by atoms with Gasteiger partial charge in [0.15, 0.2) is 0 Å². The molecule has 94 valence electrons. The van der Waals surface area contributed by atoms with E-state index in [4.69, 9.17) is 9.47 Å². The van der Waals surface area contributed by atoms with Crippen molar-refractivity contribution in [2.45, 2.75) is 4.90 Å². The second kappa shape index (κ2) is 8.11. The zero-order valence-electron chi connectivity index (χ0n) is 10.1. The molecule has 0 atom stereocenters. The van der Waals surface area contributed by atoms with Gasteiger partial charge in [0, 0.05) is 17.7 Å². The van der Waals surface area contributed by atoms with Crippen molar-refractivity contribution in [1.82, 2.24) is 0 Å². The Morgan fingerprint density at radius 1 is 1.41 bits per heavy atom. The van der Waals surface area contributed by atoms with E-state index in [2.05, 4.69) is 5.32 Å². The first-order valence-electron chi connectivity index (χ1n) is 5.27. The van der Waals surface area contributed by atoms with Crippen molar-refractivity contribution in [2.24, 2.45) is 0 Å². The highest BCUT2D eigenvalue weighted by atomic mass is 32.2. The molecule has 0 saturated heterocycles. The topological polar surface area (TPSA) is 47.6 Å². The predicted octanol–water partition coefficient (Wildman–Crippen LogP) is 2.01. The first kappa shape index (κ1) is 14.0. The smallest absolute Gasteiger partial charge is 0.250 e. The zero-order chi connectivity index (χ0) is 12.5. The Labute approximate surface area is 106 Å². The lowest BCUT2D eigenvalue weighted by atomic mass is 10.3. The average molecular weight is 255 g/mol. The minimum atomic E-state index is -0.153. The molecule has 1 aromatic carbocycles. The van der Waals surface area contributed by atoms with Gasteiger partial charge < -0.3 is 14.8 Å². The number of thioether (sulfide) groups is 1. The van der Waals surface area contributed by atoms with Gasteiger partial charge in [-0.25, -0.2) is 0 Å². The molecule has 5 heteroatoms. The molecule has 1 aromatic rings. The molecule has 0 aromatic heterocycles. The van der Waals surface area contributed by atoms with Crippen LogP contribution in [0, 0.1) is 0 Å². The number of ether oxygens (including phenoxy) is 2. The summed E-state index contributed by atoms with van der Waals surface area (Å²) < 4.78 is 9.94. The molecule has 0 fully saturated rings. The number of rotatable bonds is 7. The van der Waals surface area contributed by atoms with Crippen molar-refractivity contribution >= 4 is 23.4 Å². The molecule has 0 spiro atoms. The van der Waals surface area contributed by atoms with Crippen molar-refractivity contribution in [2.75, 3.05) is 38.5 Å². The van der Waals surface area contributed by atoms with Gasteiger partial charge in [0.2, 0.25) is 5.91 Å². The summed E-state index contributed by atoms with van der Waals surface area (Å²) in [5, 5.41) is 2.78. The SMILES string of the molecule is COCCOCC(=O)Nc1cccc(SC)c1. The number of hydrogen-bond donors (Lipinski definition) is 1. The molecular weight excluding hydrogens is 238 g/mol. The van der Waals surface area contributed by atoms with Gasteiger partial charge in [-0.15, -0.1) is 11.8 Å². The molecule has 0 aliphatic rings. The maximum atomic E-state index is 11.5. The van der Waals surface area contributed by atoms with E-state index in [1.165, 1.54) is 0 Å². The van der Waals surface area contributed by atoms with Crippen LogP contribution in [0.3, 0.4) is 0 Å². The summed E-state index contributed by atoms with van der Waals surface area (Å²) in [5.41, 5.74) is 0.789. The molecule has 0 aliphatic carbocycles. The van der Waals surface area contributed by atoms with Crippen molar-refractivity contribution in [3.63, 3.8) is 0 Å². The maximum Gasteiger partial charge on any atom is 0.250 e. The number of carbonyl (C=O) groups is 1. The number of nitrogens with one attached hydrogen (secondary N) is 1. The third-order valence-electron chi connectivity index (χ3n) is 2.02. The van der Waals surface area contributed by atoms with Crippen LogP contribution in [0.25, 0.3) is 0 Å². The van der Waals surface area contributed by atoms with Crippen LogP contribution in [0.5, 0.6) is 0 Å². The molecule has 0 saturated carbocycles. The normalized spacial score (nSPS) is 10.2. The lowest BCUT2D eigenvalue weighted by molar-refractivity contribution is -0.121. The highest BCUT2D eigenvalue weighted by Gasteiger charge is 2.02. The van der Waals surface area contributed by atoms with E-state index < -0.39 is 0 Å². The minimum absolute atomic E-state index is 0.0485. The zero-order valence-corrected chi connectivity index (χ0v) is 10.9. The van der Waals surface area contributed by atoms with Crippen LogP contribution < -0.4 is 5.32 Å². The Bertz CT molecular complexity index is 357. The van der Waals surface area contributed by atoms with E-state index in [1.54, 1.807) is 18.9 Å². The number of carbonyl (C=O) groups excluding carboxylic acids is 1. The first-order chi connectivity index (χ1) is 8.26. The number of anilines is 1. The maximum absolute atomic E-state index is 11.5. The van der Waals surface area contributed by atoms with Gasteiger partial charge >= 0.3 is 0 Å². The Kier molecular flexibility index (Phi) is 6.69. The molecule has 1 amide bonds. The van der Waals surface area contributed by atoms with E-state index in [0.717, 1.165) is 10.6 Å². The molecule has 4 nitrogen and oxygen atoms in total. The molecule has 0 aliphatic heterocycles. The van der Waals surface area contributed by atoms with Gasteiger partial charge in [-0.1, -0.05) is 6.07 Å². The first-order valence-corrected chi connectivity index (χ1v) is 6.49.